The highest BCUT2D eigenvalue weighted by Crippen LogP contribution is 2.30. The van der Waals surface area contributed by atoms with Crippen molar-refractivity contribution >= 4 is 68.4 Å². The Kier molecular flexibility index (Phi) is 18.7. The van der Waals surface area contributed by atoms with Crippen LogP contribution in [0.4, 0.5) is 61.5 Å². The highest BCUT2D eigenvalue weighted by Gasteiger charge is 2.38. The number of carbonyl (C=O) groups is 3. The van der Waals surface area contributed by atoms with Crippen LogP contribution in [0, 0.1) is 5.82 Å². The molecule has 0 saturated carbocycles. The molecule has 9 heterocycles. The molecule has 32 heteroatoms. The van der Waals surface area contributed by atoms with Crippen LogP contribution in [-0.2, 0) is 14.4 Å². The average Bonchev–Trinajstić information content (AvgIpc) is 1.71. The van der Waals surface area contributed by atoms with E-state index in [1.807, 2.05) is 22.8 Å². The van der Waals surface area contributed by atoms with E-state index in [2.05, 4.69) is 80.7 Å². The van der Waals surface area contributed by atoms with Crippen molar-refractivity contribution in [2.75, 3.05) is 35.6 Å². The Labute approximate surface area is 473 Å². The number of nitrogens with one attached hydrogen (secondary N) is 9. The predicted molar refractivity (Wildman–Crippen MR) is 299 cm³/mol. The van der Waals surface area contributed by atoms with Crippen LogP contribution in [-0.4, -0.2) is 138 Å². The van der Waals surface area contributed by atoms with Gasteiger partial charge >= 0.3 is 18.5 Å². The van der Waals surface area contributed by atoms with Crippen LogP contribution in [0.1, 0.15) is 57.4 Å². The Balaban J connectivity index is 0.00000127. The molecule has 3 atom stereocenters. The van der Waals surface area contributed by atoms with Gasteiger partial charge in [-0.3, -0.25) is 14.4 Å². The van der Waals surface area contributed by atoms with Crippen LogP contribution < -0.4 is 31.9 Å². The van der Waals surface area contributed by atoms with Crippen LogP contribution in [0.2, 0.25) is 0 Å². The zero-order valence-corrected chi connectivity index (χ0v) is 44.3. The summed E-state index contributed by atoms with van der Waals surface area (Å²) in [7, 11) is 0. The SMILES string of the molecule is CC[C@@](C)(Nc1ccnc(-c2c[nH]c3ncccc23)n1)C(=O)NCC(F)(F)F.CC[C@@](C)(Nc1nc(-c2c[nH]c3ncccc23)ncc1F)C(=O)NCC(F)(F)F.C[C@@H](Nc1ncnc(-c2c[nH]c3ncccc23)n1)C(=O)NCC(F)(F)F.[HH].[HH].[HH].[HH].[HH].[HH].[HH]. The fourth-order valence-electron chi connectivity index (χ4n) is 7.57. The van der Waals surface area contributed by atoms with E-state index in [0.29, 0.717) is 50.9 Å². The number of pyridine rings is 3. The lowest BCUT2D eigenvalue weighted by atomic mass is 9.97. The summed E-state index contributed by atoms with van der Waals surface area (Å²) in [5.74, 6) is -2.32. The first-order chi connectivity index (χ1) is 39.2. The molecular weight excluding hydrogens is 1120 g/mol. The minimum Gasteiger partial charge on any atom is -0.356 e. The minimum atomic E-state index is -4.55. The van der Waals surface area contributed by atoms with Crippen molar-refractivity contribution in [3.8, 4) is 34.2 Å². The number of amides is 3. The maximum atomic E-state index is 14.3. The molecule has 0 aliphatic carbocycles. The summed E-state index contributed by atoms with van der Waals surface area (Å²) in [5.41, 5.74) is 1.14. The highest BCUT2D eigenvalue weighted by atomic mass is 19.4. The average molecular weight is 1180 g/mol. The number of fused-ring (bicyclic) bond motifs is 3. The van der Waals surface area contributed by atoms with E-state index in [1.165, 1.54) is 33.3 Å². The predicted octanol–water partition coefficient (Wildman–Crippen LogP) is 10.3. The van der Waals surface area contributed by atoms with Crippen molar-refractivity contribution in [2.45, 2.75) is 83.1 Å². The Hall–Kier alpha value is -9.65. The Bertz CT molecular complexity index is 3740. The quantitative estimate of drug-likeness (QED) is 0.0383. The molecule has 0 aliphatic heterocycles. The van der Waals surface area contributed by atoms with Crippen LogP contribution in [0.5, 0.6) is 0 Å². The number of aromatic amines is 3. The lowest BCUT2D eigenvalue weighted by Crippen LogP contribution is -2.52. The summed E-state index contributed by atoms with van der Waals surface area (Å²) in [4.78, 5) is 86.8. The maximum absolute atomic E-state index is 14.3. The van der Waals surface area contributed by atoms with Crippen molar-refractivity contribution < 1.29 is 68.3 Å². The first-order valence-corrected chi connectivity index (χ1v) is 24.9. The number of aromatic nitrogens is 13. The van der Waals surface area contributed by atoms with Gasteiger partial charge in [0.1, 0.15) is 65.8 Å². The van der Waals surface area contributed by atoms with Crippen LogP contribution in [0.25, 0.3) is 67.3 Å². The monoisotopic (exact) mass is 1180 g/mol. The second-order valence-electron chi connectivity index (χ2n) is 18.5. The molecule has 452 valence electrons. The molecule has 9 rings (SSSR count). The van der Waals surface area contributed by atoms with Gasteiger partial charge in [0, 0.05) is 86.2 Å². The molecule has 0 unspecified atom stereocenters. The van der Waals surface area contributed by atoms with E-state index in [0.717, 1.165) is 22.5 Å². The van der Waals surface area contributed by atoms with Crippen molar-refractivity contribution in [2.24, 2.45) is 0 Å². The van der Waals surface area contributed by atoms with Crippen LogP contribution in [0.3, 0.4) is 0 Å². The Morgan fingerprint density at radius 2 is 1.00 bits per heavy atom. The van der Waals surface area contributed by atoms with Crippen molar-refractivity contribution in [1.29, 1.82) is 0 Å². The summed E-state index contributed by atoms with van der Waals surface area (Å²) >= 11 is 0. The highest BCUT2D eigenvalue weighted by molar-refractivity contribution is 5.94. The first-order valence-electron chi connectivity index (χ1n) is 24.9. The topological polar surface area (TPSA) is 300 Å². The molecule has 22 nitrogen and oxygen atoms in total. The smallest absolute Gasteiger partial charge is 0.356 e. The van der Waals surface area contributed by atoms with Gasteiger partial charge < -0.3 is 46.9 Å². The number of hydrogen-bond acceptors (Lipinski definition) is 16. The van der Waals surface area contributed by atoms with Crippen LogP contribution >= 0.6 is 0 Å². The Morgan fingerprint density at radius 1 is 0.554 bits per heavy atom. The largest absolute Gasteiger partial charge is 0.405 e. The minimum absolute atomic E-state index is 0. The maximum Gasteiger partial charge on any atom is 0.405 e. The summed E-state index contributed by atoms with van der Waals surface area (Å²) in [6.07, 6.45) is 0.486. The number of hydrogen-bond donors (Lipinski definition) is 9. The summed E-state index contributed by atoms with van der Waals surface area (Å²) in [6, 6.07) is 11.4. The van der Waals surface area contributed by atoms with E-state index in [1.54, 1.807) is 86.7 Å². The van der Waals surface area contributed by atoms with Crippen molar-refractivity contribution in [3.63, 3.8) is 0 Å². The molecule has 0 radical (unpaired) electrons. The fraction of sp³-hybridized carbons (Fsp3) is 0.314. The molecule has 83 heavy (non-hydrogen) atoms. The summed E-state index contributed by atoms with van der Waals surface area (Å²) in [5, 5.41) is 16.1. The molecule has 0 aliphatic rings. The number of nitrogens with zero attached hydrogens (tertiary/aromatic N) is 10. The molecule has 0 bridgehead atoms. The van der Waals surface area contributed by atoms with Gasteiger partial charge in [0.2, 0.25) is 23.7 Å². The summed E-state index contributed by atoms with van der Waals surface area (Å²) in [6.45, 7) is 3.32. The normalized spacial score (nSPS) is 13.5. The number of anilines is 3. The third-order valence-electron chi connectivity index (χ3n) is 12.4. The second-order valence-corrected chi connectivity index (χ2v) is 18.5. The Morgan fingerprint density at radius 3 is 1.47 bits per heavy atom. The van der Waals surface area contributed by atoms with Gasteiger partial charge in [-0.25, -0.2) is 49.2 Å². The van der Waals surface area contributed by atoms with Crippen molar-refractivity contribution in [3.05, 3.63) is 104 Å². The van der Waals surface area contributed by atoms with Gasteiger partial charge in [0.25, 0.3) is 0 Å². The van der Waals surface area contributed by atoms with E-state index in [-0.39, 0.29) is 40.4 Å². The van der Waals surface area contributed by atoms with Gasteiger partial charge in [-0.1, -0.05) is 13.8 Å². The van der Waals surface area contributed by atoms with E-state index >= 15 is 0 Å². The lowest BCUT2D eigenvalue weighted by molar-refractivity contribution is -0.140. The zero-order chi connectivity index (χ0) is 60.3. The van der Waals surface area contributed by atoms with E-state index < -0.39 is 78.8 Å². The number of carbonyl (C=O) groups excluding carboxylic acids is 3. The van der Waals surface area contributed by atoms with Crippen molar-refractivity contribution in [1.82, 2.24) is 80.7 Å². The number of H-pyrrole nitrogens is 3. The molecule has 0 fully saturated rings. The van der Waals surface area contributed by atoms with Gasteiger partial charge in [-0.2, -0.15) is 44.5 Å². The van der Waals surface area contributed by atoms with E-state index in [9.17, 15) is 58.3 Å². The fourth-order valence-corrected chi connectivity index (χ4v) is 7.57. The van der Waals surface area contributed by atoms with Gasteiger partial charge in [-0.15, -0.1) is 0 Å². The molecule has 0 spiro atoms. The number of halogens is 10. The molecule has 9 aromatic rings. The molecular formula is C51H65F10N19O3. The molecule has 3 amide bonds. The molecule has 0 saturated heterocycles. The number of alkyl halides is 9. The molecule has 9 aromatic heterocycles. The lowest BCUT2D eigenvalue weighted by Gasteiger charge is -2.29. The van der Waals surface area contributed by atoms with Gasteiger partial charge in [0.05, 0.1) is 6.20 Å². The zero-order valence-electron chi connectivity index (χ0n) is 44.3. The van der Waals surface area contributed by atoms with Crippen LogP contribution in [0.15, 0.2) is 98.4 Å². The van der Waals surface area contributed by atoms with E-state index in [4.69, 9.17) is 0 Å². The van der Waals surface area contributed by atoms with Gasteiger partial charge in [-0.05, 0) is 76.1 Å². The third kappa shape index (κ3) is 16.1. The first kappa shape index (κ1) is 61.0. The second kappa shape index (κ2) is 25.4. The molecule has 9 N–H and O–H groups in total. The third-order valence-corrected chi connectivity index (χ3v) is 12.4. The van der Waals surface area contributed by atoms with Gasteiger partial charge in [0.15, 0.2) is 29.1 Å². The summed E-state index contributed by atoms with van der Waals surface area (Å²) < 4.78 is 125. The number of rotatable bonds is 17. The standard InChI is InChI=1S/C18H18F4N6O.C18H19F3N6O.C15H14F3N7O.7H2/c1-3-17(2,16(29)26-9-18(20,21)22)28-15-12(19)8-25-14(27-15)11-7-24-13-10(11)5-4-6-23-13;1-3-17(2,16(28)25-10-18(19,20)21)27-13-6-8-23-15(26-13)12-9-24-14-11(12)5-4-7-22-14;1-8(13(26)21-6-15(16,17)18)24-14-23-7-22-12(25-14)10-5-20-11-9(10)3-2-4-19-11;;;;;;;/h4-8H,3,9H2,1-2H3,(H,23,24)(H,26,29)(H,25,27,28);4-9H,3,10H2,1-2H3,(H,22,24)(H,25,28)(H,23,26,27);2-5,7-8H,6H2,1H3,(H,19,20)(H,21,26)(H,22,23,24,25);7*1H/t2*17-;8-;;;;;;;/m111......./s1. The molecule has 0 aromatic carbocycles.